The second-order valence-electron chi connectivity index (χ2n) is 16.0. The minimum atomic E-state index is -2.88. The lowest BCUT2D eigenvalue weighted by atomic mass is 9.94. The molecule has 11 rings (SSSR count). The van der Waals surface area contributed by atoms with Crippen LogP contribution in [-0.2, 0) is 0 Å². The Hall–Kier alpha value is -7.78. The van der Waals surface area contributed by atoms with Crippen LogP contribution in [0, 0.1) is 0 Å². The van der Waals surface area contributed by atoms with Crippen LogP contribution in [-0.4, -0.2) is 8.07 Å². The molecule has 0 N–H and O–H groups in total. The predicted molar refractivity (Wildman–Crippen MR) is 268 cm³/mol. The fourth-order valence-electron chi connectivity index (χ4n) is 9.69. The summed E-state index contributed by atoms with van der Waals surface area (Å²) in [5, 5.41) is 13.2. The van der Waals surface area contributed by atoms with Crippen molar-refractivity contribution in [2.24, 2.45) is 0 Å². The van der Waals surface area contributed by atoms with Crippen LogP contribution in [0.25, 0.3) is 54.6 Å². The Morgan fingerprint density at radius 2 is 0.516 bits per heavy atom. The maximum absolute atomic E-state index is 2.88. The zero-order valence-corrected chi connectivity index (χ0v) is 35.3. The number of anilines is 3. The largest absolute Gasteiger partial charge is 0.311 e. The van der Waals surface area contributed by atoms with Crippen LogP contribution in [0.1, 0.15) is 0 Å². The third-order valence-electron chi connectivity index (χ3n) is 12.6. The van der Waals surface area contributed by atoms with Crippen LogP contribution in [0.5, 0.6) is 0 Å². The van der Waals surface area contributed by atoms with E-state index in [1.165, 1.54) is 75.3 Å². The Labute approximate surface area is 364 Å². The lowest BCUT2D eigenvalue weighted by molar-refractivity contribution is 1.28. The average molecular weight is 806 g/mol. The van der Waals surface area contributed by atoms with Crippen LogP contribution in [0.15, 0.2) is 261 Å². The van der Waals surface area contributed by atoms with Crippen molar-refractivity contribution in [2.45, 2.75) is 0 Å². The molecule has 11 aromatic carbocycles. The summed E-state index contributed by atoms with van der Waals surface area (Å²) in [6, 6.07) is 96.2. The number of para-hydroxylation sites is 1. The molecule has 0 radical (unpaired) electrons. The van der Waals surface area contributed by atoms with Gasteiger partial charge in [0.05, 0.1) is 0 Å². The monoisotopic (exact) mass is 805 g/mol. The fourth-order valence-corrected chi connectivity index (χ4v) is 14.4. The van der Waals surface area contributed by atoms with E-state index in [1.54, 1.807) is 0 Å². The third-order valence-corrected chi connectivity index (χ3v) is 17.4. The Morgan fingerprint density at radius 1 is 0.210 bits per heavy atom. The van der Waals surface area contributed by atoms with Gasteiger partial charge in [0.2, 0.25) is 0 Å². The van der Waals surface area contributed by atoms with E-state index in [9.17, 15) is 0 Å². The number of hydrogen-bond acceptors (Lipinski definition) is 1. The van der Waals surface area contributed by atoms with Crippen LogP contribution in [0.3, 0.4) is 0 Å². The highest BCUT2D eigenvalue weighted by Gasteiger charge is 2.41. The van der Waals surface area contributed by atoms with E-state index in [-0.39, 0.29) is 0 Å². The summed E-state index contributed by atoms with van der Waals surface area (Å²) < 4.78 is 0. The van der Waals surface area contributed by atoms with E-state index >= 15 is 0 Å². The maximum Gasteiger partial charge on any atom is 0.179 e. The first-order chi connectivity index (χ1) is 30.8. The Morgan fingerprint density at radius 3 is 1.00 bits per heavy atom. The molecule has 11 aromatic rings. The minimum Gasteiger partial charge on any atom is -0.311 e. The molecule has 0 bridgehead atoms. The van der Waals surface area contributed by atoms with E-state index in [4.69, 9.17) is 0 Å². The molecule has 0 spiro atoms. The molecule has 0 aliphatic rings. The molecule has 0 saturated carbocycles. The first kappa shape index (κ1) is 37.2. The number of fused-ring (bicyclic) bond motifs is 6. The molecule has 0 fully saturated rings. The summed E-state index contributed by atoms with van der Waals surface area (Å²) in [5.74, 6) is 0. The van der Waals surface area contributed by atoms with E-state index in [2.05, 4.69) is 266 Å². The molecule has 0 aromatic heterocycles. The van der Waals surface area contributed by atoms with E-state index in [1.807, 2.05) is 0 Å². The molecule has 0 saturated heterocycles. The summed E-state index contributed by atoms with van der Waals surface area (Å²) in [6.45, 7) is 0. The van der Waals surface area contributed by atoms with E-state index < -0.39 is 8.07 Å². The van der Waals surface area contributed by atoms with Gasteiger partial charge in [-0.15, -0.1) is 0 Å². The molecule has 292 valence electrons. The van der Waals surface area contributed by atoms with Crippen molar-refractivity contribution in [3.63, 3.8) is 0 Å². The van der Waals surface area contributed by atoms with Gasteiger partial charge < -0.3 is 4.90 Å². The molecule has 0 heterocycles. The van der Waals surface area contributed by atoms with Crippen molar-refractivity contribution >= 4 is 78.2 Å². The van der Waals surface area contributed by atoms with Crippen LogP contribution >= 0.6 is 0 Å². The highest BCUT2D eigenvalue weighted by molar-refractivity contribution is 7.20. The fraction of sp³-hybridized carbons (Fsp3) is 0. The summed E-state index contributed by atoms with van der Waals surface area (Å²) in [6.07, 6.45) is 0. The van der Waals surface area contributed by atoms with Crippen molar-refractivity contribution in [1.82, 2.24) is 0 Å². The minimum absolute atomic E-state index is 1.11. The van der Waals surface area contributed by atoms with Gasteiger partial charge in [0.1, 0.15) is 0 Å². The standard InChI is InChI=1S/C60H43NSi/c1-5-17-44(18-6-1)45-29-31-46(32-30-45)47-33-35-49(36-34-47)61(48-19-7-2-8-20-48)50-37-39-53(40-38-50)62(51-21-9-3-10-22-51,52-23-11-4-12-24-52)54-41-42-59-57-27-14-13-25-55(57)56-26-15-16-28-58(56)60(59)43-54/h1-43H. The second-order valence-corrected chi connectivity index (χ2v) is 19.9. The number of nitrogens with zero attached hydrogens (tertiary/aromatic N) is 1. The van der Waals surface area contributed by atoms with Gasteiger partial charge in [-0.25, -0.2) is 0 Å². The van der Waals surface area contributed by atoms with Gasteiger partial charge in [0.15, 0.2) is 8.07 Å². The van der Waals surface area contributed by atoms with Crippen molar-refractivity contribution in [2.75, 3.05) is 4.90 Å². The lowest BCUT2D eigenvalue weighted by Crippen LogP contribution is -2.74. The summed E-state index contributed by atoms with van der Waals surface area (Å²) in [5.41, 5.74) is 8.17. The van der Waals surface area contributed by atoms with Crippen LogP contribution < -0.4 is 25.6 Å². The number of benzene rings is 11. The molecular formula is C60H43NSi. The summed E-state index contributed by atoms with van der Waals surface area (Å²) >= 11 is 0. The summed E-state index contributed by atoms with van der Waals surface area (Å²) in [7, 11) is -2.88. The third kappa shape index (κ3) is 6.50. The van der Waals surface area contributed by atoms with Crippen molar-refractivity contribution in [3.8, 4) is 22.3 Å². The lowest BCUT2D eigenvalue weighted by Gasteiger charge is -2.35. The molecule has 0 aliphatic heterocycles. The Kier molecular flexibility index (Phi) is 9.61. The molecule has 0 unspecified atom stereocenters. The van der Waals surface area contributed by atoms with E-state index in [0.717, 1.165) is 17.1 Å². The van der Waals surface area contributed by atoms with Gasteiger partial charge in [0.25, 0.3) is 0 Å². The van der Waals surface area contributed by atoms with Gasteiger partial charge in [-0.2, -0.15) is 0 Å². The number of rotatable bonds is 9. The summed E-state index contributed by atoms with van der Waals surface area (Å²) in [4.78, 5) is 2.37. The normalized spacial score (nSPS) is 11.5. The molecular weight excluding hydrogens is 763 g/mol. The predicted octanol–water partition coefficient (Wildman–Crippen LogP) is 13.3. The second kappa shape index (κ2) is 16.0. The SMILES string of the molecule is c1ccc(-c2ccc(-c3ccc(N(c4ccccc4)c4ccc([Si](c5ccccc5)(c5ccccc5)c5ccc6c7ccccc7c7ccccc7c6c5)cc4)cc3)cc2)cc1. The first-order valence-corrected chi connectivity index (χ1v) is 23.4. The van der Waals surface area contributed by atoms with Gasteiger partial charge in [-0.1, -0.05) is 224 Å². The quantitative estimate of drug-likeness (QED) is 0.0798. The molecule has 0 aliphatic carbocycles. The molecule has 0 atom stereocenters. The molecule has 62 heavy (non-hydrogen) atoms. The number of hydrogen-bond donors (Lipinski definition) is 0. The topological polar surface area (TPSA) is 3.24 Å². The van der Waals surface area contributed by atoms with Gasteiger partial charge in [-0.3, -0.25) is 0 Å². The van der Waals surface area contributed by atoms with Crippen molar-refractivity contribution in [1.29, 1.82) is 0 Å². The van der Waals surface area contributed by atoms with E-state index in [0.29, 0.717) is 0 Å². The average Bonchev–Trinajstić information content (AvgIpc) is 3.36. The van der Waals surface area contributed by atoms with Gasteiger partial charge in [0, 0.05) is 17.1 Å². The van der Waals surface area contributed by atoms with Gasteiger partial charge in [-0.05, 0) is 112 Å². The Balaban J connectivity index is 1.05. The zero-order chi connectivity index (χ0) is 41.3. The van der Waals surface area contributed by atoms with Crippen LogP contribution in [0.2, 0.25) is 0 Å². The van der Waals surface area contributed by atoms with Crippen molar-refractivity contribution in [3.05, 3.63) is 261 Å². The highest BCUT2D eigenvalue weighted by Crippen LogP contribution is 2.37. The Bertz CT molecular complexity index is 3220. The van der Waals surface area contributed by atoms with Crippen molar-refractivity contribution < 1.29 is 0 Å². The van der Waals surface area contributed by atoms with Gasteiger partial charge >= 0.3 is 0 Å². The molecule has 1 nitrogen and oxygen atoms in total. The first-order valence-electron chi connectivity index (χ1n) is 21.4. The maximum atomic E-state index is 2.53. The smallest absolute Gasteiger partial charge is 0.179 e. The zero-order valence-electron chi connectivity index (χ0n) is 34.3. The molecule has 0 amide bonds. The highest BCUT2D eigenvalue weighted by atomic mass is 28.3. The molecule has 2 heteroatoms. The van der Waals surface area contributed by atoms with Crippen LogP contribution in [0.4, 0.5) is 17.1 Å².